The van der Waals surface area contributed by atoms with Crippen molar-refractivity contribution in [3.63, 3.8) is 0 Å². The molecule has 12 heteroatoms. The van der Waals surface area contributed by atoms with Crippen molar-refractivity contribution in [3.8, 4) is 0 Å². The lowest BCUT2D eigenvalue weighted by molar-refractivity contribution is -0.301. The maximum absolute atomic E-state index is 13.2. The summed E-state index contributed by atoms with van der Waals surface area (Å²) in [5.41, 5.74) is 0. The Morgan fingerprint density at radius 1 is 0.420 bits per heavy atom. The number of carboxylic acid groups (broad SMARTS) is 1. The quantitative estimate of drug-likeness (QED) is 0.0228. The molecule has 1 saturated heterocycles. The zero-order chi connectivity index (χ0) is 58.9. The van der Waals surface area contributed by atoms with E-state index in [-0.39, 0.29) is 25.9 Å². The number of carbonyl (C=O) groups is 4. The van der Waals surface area contributed by atoms with Gasteiger partial charge in [0.15, 0.2) is 24.6 Å². The Morgan fingerprint density at radius 2 is 0.778 bits per heavy atom. The van der Waals surface area contributed by atoms with Crippen molar-refractivity contribution < 1.29 is 58.2 Å². The molecule has 0 bridgehead atoms. The first kappa shape index (κ1) is 74.7. The van der Waals surface area contributed by atoms with Gasteiger partial charge in [0.25, 0.3) is 0 Å². The minimum absolute atomic E-state index is 0.0439. The lowest BCUT2D eigenvalue weighted by Gasteiger charge is -2.40. The van der Waals surface area contributed by atoms with Crippen LogP contribution in [0.1, 0.15) is 265 Å². The van der Waals surface area contributed by atoms with Crippen LogP contribution in [0.15, 0.2) is 97.2 Å². The molecule has 6 atom stereocenters. The van der Waals surface area contributed by atoms with Crippen molar-refractivity contribution in [2.24, 2.45) is 0 Å². The van der Waals surface area contributed by atoms with E-state index in [1.165, 1.54) is 51.4 Å². The first-order valence-electron chi connectivity index (χ1n) is 32.2. The van der Waals surface area contributed by atoms with Crippen molar-refractivity contribution in [3.05, 3.63) is 97.2 Å². The monoisotopic (exact) mass is 1130 g/mol. The van der Waals surface area contributed by atoms with Crippen molar-refractivity contribution in [2.75, 3.05) is 13.2 Å². The van der Waals surface area contributed by atoms with E-state index >= 15 is 0 Å². The second-order valence-corrected chi connectivity index (χ2v) is 21.7. The lowest BCUT2D eigenvalue weighted by atomic mass is 9.98. The molecular formula is C69H114O12. The van der Waals surface area contributed by atoms with Crippen LogP contribution in [0.5, 0.6) is 0 Å². The van der Waals surface area contributed by atoms with E-state index in [9.17, 15) is 34.5 Å². The number of hydrogen-bond acceptors (Lipinski definition) is 11. The fraction of sp³-hybridized carbons (Fsp3) is 0.710. The van der Waals surface area contributed by atoms with Gasteiger partial charge in [-0.3, -0.25) is 14.4 Å². The Balaban J connectivity index is 2.69. The Morgan fingerprint density at radius 3 is 1.22 bits per heavy atom. The van der Waals surface area contributed by atoms with E-state index in [1.54, 1.807) is 0 Å². The van der Waals surface area contributed by atoms with Gasteiger partial charge in [0, 0.05) is 19.3 Å². The molecule has 1 aliphatic heterocycles. The number of rotatable bonds is 54. The van der Waals surface area contributed by atoms with Crippen molar-refractivity contribution >= 4 is 23.9 Å². The van der Waals surface area contributed by atoms with Crippen LogP contribution in [0.3, 0.4) is 0 Å². The van der Waals surface area contributed by atoms with Crippen molar-refractivity contribution in [2.45, 2.75) is 302 Å². The predicted octanol–water partition coefficient (Wildman–Crippen LogP) is 17.2. The van der Waals surface area contributed by atoms with Crippen LogP contribution >= 0.6 is 0 Å². The highest BCUT2D eigenvalue weighted by Crippen LogP contribution is 2.26. The molecule has 0 aromatic rings. The maximum Gasteiger partial charge on any atom is 0.335 e. The van der Waals surface area contributed by atoms with Gasteiger partial charge in [-0.25, -0.2) is 4.79 Å². The smallest absolute Gasteiger partial charge is 0.335 e. The molecule has 12 nitrogen and oxygen atoms in total. The summed E-state index contributed by atoms with van der Waals surface area (Å²) >= 11 is 0. The molecule has 0 amide bonds. The molecule has 0 aliphatic carbocycles. The number of unbranched alkanes of at least 4 members (excludes halogenated alkanes) is 24. The van der Waals surface area contributed by atoms with Gasteiger partial charge in [-0.05, 0) is 122 Å². The maximum atomic E-state index is 13.2. The summed E-state index contributed by atoms with van der Waals surface area (Å²) in [6.07, 6.45) is 62.2. The van der Waals surface area contributed by atoms with Gasteiger partial charge in [0.2, 0.25) is 0 Å². The first-order valence-corrected chi connectivity index (χ1v) is 32.2. The highest BCUT2D eigenvalue weighted by molar-refractivity contribution is 5.74. The Labute approximate surface area is 492 Å². The molecule has 1 aliphatic rings. The Kier molecular flexibility index (Phi) is 51.7. The topological polar surface area (TPSA) is 175 Å². The van der Waals surface area contributed by atoms with E-state index in [0.29, 0.717) is 19.3 Å². The molecule has 1 heterocycles. The van der Waals surface area contributed by atoms with Gasteiger partial charge in [0.05, 0.1) is 6.61 Å². The SMILES string of the molecule is CC/C=C\C/C=C\C/C=C\C/C=C\CCCCCCCCC(=O)OCC(COC1OC(C(=O)O)C(O)C(O)C1OC(=O)CCCCCCC/C=C\CCCCCC)OC(=O)CCCCCCCC/C=C\C/C=C\C/C=C\CCCCC. The third kappa shape index (κ3) is 45.8. The molecule has 0 aromatic carbocycles. The van der Waals surface area contributed by atoms with Crippen molar-refractivity contribution in [1.29, 1.82) is 0 Å². The largest absolute Gasteiger partial charge is 0.479 e. The second-order valence-electron chi connectivity index (χ2n) is 21.7. The number of carbonyl (C=O) groups excluding carboxylic acids is 3. The zero-order valence-electron chi connectivity index (χ0n) is 51.0. The summed E-state index contributed by atoms with van der Waals surface area (Å²) in [6, 6.07) is 0. The third-order valence-electron chi connectivity index (χ3n) is 14.1. The van der Waals surface area contributed by atoms with Crippen LogP contribution in [0.2, 0.25) is 0 Å². The van der Waals surface area contributed by atoms with Crippen LogP contribution < -0.4 is 0 Å². The number of carboxylic acids is 1. The average molecular weight is 1140 g/mol. The Bertz CT molecular complexity index is 1780. The molecule has 0 spiro atoms. The van der Waals surface area contributed by atoms with Gasteiger partial charge in [-0.1, -0.05) is 221 Å². The number of hydrogen-bond donors (Lipinski definition) is 3. The van der Waals surface area contributed by atoms with Gasteiger partial charge in [0.1, 0.15) is 18.8 Å². The molecule has 462 valence electrons. The molecule has 6 unspecified atom stereocenters. The molecule has 0 saturated carbocycles. The normalized spacial score (nSPS) is 18.4. The number of allylic oxidation sites excluding steroid dienone is 16. The van der Waals surface area contributed by atoms with Crippen LogP contribution in [0.4, 0.5) is 0 Å². The molecule has 0 aromatic heterocycles. The van der Waals surface area contributed by atoms with Crippen LogP contribution in [-0.4, -0.2) is 89.2 Å². The molecular weight excluding hydrogens is 1020 g/mol. The summed E-state index contributed by atoms with van der Waals surface area (Å²) in [6.45, 7) is 5.82. The van der Waals surface area contributed by atoms with Gasteiger partial charge in [-0.15, -0.1) is 0 Å². The fourth-order valence-electron chi connectivity index (χ4n) is 9.18. The molecule has 1 rings (SSSR count). The summed E-state index contributed by atoms with van der Waals surface area (Å²) in [4.78, 5) is 51.3. The predicted molar refractivity (Wildman–Crippen MR) is 331 cm³/mol. The minimum Gasteiger partial charge on any atom is -0.479 e. The van der Waals surface area contributed by atoms with Gasteiger partial charge < -0.3 is 39.0 Å². The second kappa shape index (κ2) is 56.1. The number of aliphatic carboxylic acids is 1. The van der Waals surface area contributed by atoms with E-state index < -0.39 is 67.3 Å². The molecule has 1 fully saturated rings. The zero-order valence-corrected chi connectivity index (χ0v) is 51.0. The van der Waals surface area contributed by atoms with Gasteiger partial charge >= 0.3 is 23.9 Å². The van der Waals surface area contributed by atoms with Gasteiger partial charge in [-0.2, -0.15) is 0 Å². The Hall–Kier alpha value is -4.36. The van der Waals surface area contributed by atoms with E-state index in [2.05, 4.69) is 118 Å². The number of aliphatic hydroxyl groups excluding tert-OH is 2. The highest BCUT2D eigenvalue weighted by Gasteiger charge is 2.50. The molecule has 3 N–H and O–H groups in total. The molecule has 81 heavy (non-hydrogen) atoms. The van der Waals surface area contributed by atoms with Crippen LogP contribution in [0.25, 0.3) is 0 Å². The van der Waals surface area contributed by atoms with Crippen LogP contribution in [-0.2, 0) is 42.9 Å². The molecule has 0 radical (unpaired) electrons. The van der Waals surface area contributed by atoms with Crippen LogP contribution in [0, 0.1) is 0 Å². The van der Waals surface area contributed by atoms with E-state index in [0.717, 1.165) is 154 Å². The number of esters is 3. The minimum atomic E-state index is -1.91. The fourth-order valence-corrected chi connectivity index (χ4v) is 9.18. The lowest BCUT2D eigenvalue weighted by Crippen LogP contribution is -2.61. The standard InChI is InChI=1S/C69H114O12/c1-4-7-10-13-16-19-22-25-27-29-31-33-35-38-40-43-46-49-52-55-61(70)77-58-60(79-62(71)56-53-50-47-44-42-39-36-34-32-30-28-26-23-20-17-14-11-8-5-2)59-78-69-67(65(74)64(73)66(81-69)68(75)76)80-63(72)57-54-51-48-45-41-37-24-21-18-15-12-9-6-3/h7,10,16-17,19-21,24-28,31-34,60,64-67,69,73-74H,4-6,8-9,11-15,18,22-23,29-30,35-59H2,1-3H3,(H,75,76)/b10-7-,19-16-,20-17-,24-21-,27-25-,28-26-,33-31-,34-32-. The van der Waals surface area contributed by atoms with Crippen molar-refractivity contribution in [1.82, 2.24) is 0 Å². The van der Waals surface area contributed by atoms with E-state index in [1.807, 2.05) is 0 Å². The summed E-state index contributed by atoms with van der Waals surface area (Å²) in [5.74, 6) is -3.17. The summed E-state index contributed by atoms with van der Waals surface area (Å²) < 4.78 is 28.5. The highest BCUT2D eigenvalue weighted by atomic mass is 16.7. The first-order chi connectivity index (χ1) is 39.6. The number of ether oxygens (including phenoxy) is 5. The van der Waals surface area contributed by atoms with E-state index in [4.69, 9.17) is 23.7 Å². The third-order valence-corrected chi connectivity index (χ3v) is 14.1. The summed E-state index contributed by atoms with van der Waals surface area (Å²) in [5, 5.41) is 31.6. The number of aliphatic hydroxyl groups is 2. The summed E-state index contributed by atoms with van der Waals surface area (Å²) in [7, 11) is 0. The average Bonchev–Trinajstić information content (AvgIpc) is 3.46.